The number of nitrogens with zero attached hydrogens (tertiary/aromatic N) is 1. The Hall–Kier alpha value is -2.92. The number of halogens is 2. The van der Waals surface area contributed by atoms with E-state index in [2.05, 4.69) is 15.6 Å². The van der Waals surface area contributed by atoms with E-state index in [1.807, 2.05) is 6.92 Å². The Morgan fingerprint density at radius 1 is 1.08 bits per heavy atom. The van der Waals surface area contributed by atoms with Crippen LogP contribution in [0.2, 0.25) is 5.02 Å². The van der Waals surface area contributed by atoms with Crippen LogP contribution in [-0.4, -0.2) is 10.9 Å². The Bertz CT molecular complexity index is 930. The number of hydrogen-bond donors (Lipinski definition) is 2. The van der Waals surface area contributed by atoms with Gasteiger partial charge in [0.05, 0.1) is 5.69 Å². The van der Waals surface area contributed by atoms with Crippen molar-refractivity contribution in [3.05, 3.63) is 82.9 Å². The first-order valence-electron chi connectivity index (χ1n) is 7.58. The molecule has 6 heteroatoms. The molecule has 126 valence electrons. The van der Waals surface area contributed by atoms with Crippen molar-refractivity contribution in [1.29, 1.82) is 0 Å². The van der Waals surface area contributed by atoms with Gasteiger partial charge in [0.1, 0.15) is 11.5 Å². The van der Waals surface area contributed by atoms with Crippen molar-refractivity contribution in [2.24, 2.45) is 0 Å². The van der Waals surface area contributed by atoms with Crippen LogP contribution < -0.4 is 10.6 Å². The first-order chi connectivity index (χ1) is 12.0. The number of nitrogens with one attached hydrogen (secondary N) is 2. The number of anilines is 3. The minimum Gasteiger partial charge on any atom is -0.353 e. The van der Waals surface area contributed by atoms with Crippen LogP contribution in [0.25, 0.3) is 0 Å². The second-order valence-corrected chi connectivity index (χ2v) is 5.88. The summed E-state index contributed by atoms with van der Waals surface area (Å²) in [5.41, 5.74) is 2.62. The van der Waals surface area contributed by atoms with E-state index < -0.39 is 0 Å². The van der Waals surface area contributed by atoms with Crippen LogP contribution in [-0.2, 0) is 0 Å². The number of para-hydroxylation sites is 1. The molecule has 0 atom stereocenters. The lowest BCUT2D eigenvalue weighted by Gasteiger charge is -2.10. The number of benzene rings is 2. The normalized spacial score (nSPS) is 10.4. The average Bonchev–Trinajstić information content (AvgIpc) is 2.60. The summed E-state index contributed by atoms with van der Waals surface area (Å²) in [7, 11) is 0. The van der Waals surface area contributed by atoms with Crippen LogP contribution in [0.1, 0.15) is 16.1 Å². The molecule has 0 unspecified atom stereocenters. The lowest BCUT2D eigenvalue weighted by Crippen LogP contribution is -2.14. The van der Waals surface area contributed by atoms with Crippen molar-refractivity contribution in [1.82, 2.24) is 4.98 Å². The van der Waals surface area contributed by atoms with Crippen molar-refractivity contribution in [3.63, 3.8) is 0 Å². The van der Waals surface area contributed by atoms with Crippen molar-refractivity contribution >= 4 is 34.6 Å². The lowest BCUT2D eigenvalue weighted by atomic mass is 10.2. The van der Waals surface area contributed by atoms with Gasteiger partial charge in [0, 0.05) is 22.6 Å². The van der Waals surface area contributed by atoms with Crippen LogP contribution in [0.15, 0.2) is 60.8 Å². The highest BCUT2D eigenvalue weighted by molar-refractivity contribution is 6.30. The molecule has 0 saturated heterocycles. The van der Waals surface area contributed by atoms with Gasteiger partial charge in [-0.15, -0.1) is 0 Å². The Morgan fingerprint density at radius 3 is 2.64 bits per heavy atom. The minimum absolute atomic E-state index is 0.218. The largest absolute Gasteiger partial charge is 0.353 e. The van der Waals surface area contributed by atoms with E-state index in [0.29, 0.717) is 22.1 Å². The van der Waals surface area contributed by atoms with E-state index >= 15 is 0 Å². The molecule has 1 aromatic heterocycles. The van der Waals surface area contributed by atoms with Gasteiger partial charge >= 0.3 is 0 Å². The molecule has 2 N–H and O–H groups in total. The molecule has 0 saturated carbocycles. The highest BCUT2D eigenvalue weighted by atomic mass is 35.5. The molecule has 1 heterocycles. The number of pyridine rings is 1. The minimum atomic E-state index is -0.373. The SMILES string of the molecule is Cc1cc(Cl)ccc1NC(=O)c1cc(Nc2ccccc2F)ccn1. The summed E-state index contributed by atoms with van der Waals surface area (Å²) in [4.78, 5) is 16.5. The maximum absolute atomic E-state index is 13.7. The van der Waals surface area contributed by atoms with E-state index in [4.69, 9.17) is 11.6 Å². The Morgan fingerprint density at radius 2 is 1.88 bits per heavy atom. The Balaban J connectivity index is 1.79. The molecular weight excluding hydrogens is 341 g/mol. The van der Waals surface area contributed by atoms with Gasteiger partial charge in [0.2, 0.25) is 0 Å². The Kier molecular flexibility index (Phi) is 4.95. The van der Waals surface area contributed by atoms with Crippen LogP contribution >= 0.6 is 11.6 Å². The van der Waals surface area contributed by atoms with Gasteiger partial charge in [-0.3, -0.25) is 9.78 Å². The zero-order valence-electron chi connectivity index (χ0n) is 13.4. The molecular formula is C19H15ClFN3O. The van der Waals surface area contributed by atoms with Gasteiger partial charge in [0.25, 0.3) is 5.91 Å². The molecule has 0 radical (unpaired) electrons. The summed E-state index contributed by atoms with van der Waals surface area (Å²) >= 11 is 5.92. The fourth-order valence-corrected chi connectivity index (χ4v) is 2.53. The summed E-state index contributed by atoms with van der Waals surface area (Å²) in [5, 5.41) is 6.33. The Labute approximate surface area is 149 Å². The zero-order chi connectivity index (χ0) is 17.8. The number of aromatic nitrogens is 1. The van der Waals surface area contributed by atoms with Crippen LogP contribution in [0, 0.1) is 12.7 Å². The fourth-order valence-electron chi connectivity index (χ4n) is 2.30. The number of carbonyl (C=O) groups is 1. The topological polar surface area (TPSA) is 54.0 Å². The maximum Gasteiger partial charge on any atom is 0.274 e. The van der Waals surface area contributed by atoms with E-state index in [-0.39, 0.29) is 17.4 Å². The van der Waals surface area contributed by atoms with Crippen molar-refractivity contribution in [2.45, 2.75) is 6.92 Å². The van der Waals surface area contributed by atoms with E-state index in [1.165, 1.54) is 12.3 Å². The first kappa shape index (κ1) is 16.9. The van der Waals surface area contributed by atoms with Crippen molar-refractivity contribution < 1.29 is 9.18 Å². The molecule has 3 aromatic rings. The van der Waals surface area contributed by atoms with Gasteiger partial charge in [-0.2, -0.15) is 0 Å². The quantitative estimate of drug-likeness (QED) is 0.678. The number of amides is 1. The molecule has 1 amide bonds. The van der Waals surface area contributed by atoms with Gasteiger partial charge in [-0.05, 0) is 55.0 Å². The first-order valence-corrected chi connectivity index (χ1v) is 7.96. The number of rotatable bonds is 4. The smallest absolute Gasteiger partial charge is 0.274 e. The molecule has 2 aromatic carbocycles. The maximum atomic E-state index is 13.7. The molecule has 0 aliphatic carbocycles. The summed E-state index contributed by atoms with van der Waals surface area (Å²) in [6, 6.07) is 14.7. The summed E-state index contributed by atoms with van der Waals surface area (Å²) < 4.78 is 13.7. The van der Waals surface area contributed by atoms with Gasteiger partial charge in [-0.25, -0.2) is 4.39 Å². The molecule has 0 spiro atoms. The van der Waals surface area contributed by atoms with Gasteiger partial charge < -0.3 is 10.6 Å². The molecule has 25 heavy (non-hydrogen) atoms. The van der Waals surface area contributed by atoms with Crippen LogP contribution in [0.5, 0.6) is 0 Å². The fraction of sp³-hybridized carbons (Fsp3) is 0.0526. The third kappa shape index (κ3) is 4.14. The van der Waals surface area contributed by atoms with Gasteiger partial charge in [-0.1, -0.05) is 23.7 Å². The predicted molar refractivity (Wildman–Crippen MR) is 98.1 cm³/mol. The van der Waals surface area contributed by atoms with Crippen LogP contribution in [0.3, 0.4) is 0 Å². The summed E-state index contributed by atoms with van der Waals surface area (Å²) in [6.45, 7) is 1.85. The third-order valence-electron chi connectivity index (χ3n) is 3.58. The third-order valence-corrected chi connectivity index (χ3v) is 3.82. The highest BCUT2D eigenvalue weighted by Crippen LogP contribution is 2.22. The molecule has 4 nitrogen and oxygen atoms in total. The molecule has 0 aliphatic rings. The average molecular weight is 356 g/mol. The standard InChI is InChI=1S/C19H15ClFN3O/c1-12-10-13(20)6-7-16(12)24-19(25)18-11-14(8-9-22-18)23-17-5-3-2-4-15(17)21/h2-11H,1H3,(H,22,23)(H,24,25). The van der Waals surface area contributed by atoms with Gasteiger partial charge in [0.15, 0.2) is 0 Å². The molecule has 0 bridgehead atoms. The lowest BCUT2D eigenvalue weighted by molar-refractivity contribution is 0.102. The summed E-state index contributed by atoms with van der Waals surface area (Å²) in [6.07, 6.45) is 1.49. The second kappa shape index (κ2) is 7.32. The number of carbonyl (C=O) groups excluding carboxylic acids is 1. The number of aryl methyl sites for hydroxylation is 1. The summed E-state index contributed by atoms with van der Waals surface area (Å²) in [5.74, 6) is -0.732. The molecule has 0 aliphatic heterocycles. The van der Waals surface area contributed by atoms with E-state index in [0.717, 1.165) is 5.56 Å². The zero-order valence-corrected chi connectivity index (χ0v) is 14.1. The molecule has 0 fully saturated rings. The van der Waals surface area contributed by atoms with E-state index in [1.54, 1.807) is 48.5 Å². The van der Waals surface area contributed by atoms with Crippen molar-refractivity contribution in [3.8, 4) is 0 Å². The van der Waals surface area contributed by atoms with E-state index in [9.17, 15) is 9.18 Å². The molecule has 3 rings (SSSR count). The predicted octanol–water partition coefficient (Wildman–Crippen LogP) is 5.18. The number of hydrogen-bond acceptors (Lipinski definition) is 3. The monoisotopic (exact) mass is 355 g/mol. The second-order valence-electron chi connectivity index (χ2n) is 5.45. The van der Waals surface area contributed by atoms with Crippen LogP contribution in [0.4, 0.5) is 21.5 Å². The van der Waals surface area contributed by atoms with Crippen molar-refractivity contribution in [2.75, 3.05) is 10.6 Å². The highest BCUT2D eigenvalue weighted by Gasteiger charge is 2.11.